The molecule has 0 fully saturated rings. The topological polar surface area (TPSA) is 29.1 Å². The fourth-order valence-corrected chi connectivity index (χ4v) is 2.75. The molecule has 110 valence electrons. The van der Waals surface area contributed by atoms with Crippen molar-refractivity contribution in [1.82, 2.24) is 5.32 Å². The number of hydrogen-bond acceptors (Lipinski definition) is 1. The minimum Gasteiger partial charge on any atom is -0.345 e. The molecular formula is C16H14BrCl2NO. The van der Waals surface area contributed by atoms with Gasteiger partial charge in [0, 0.05) is 14.5 Å². The van der Waals surface area contributed by atoms with Crippen molar-refractivity contribution >= 4 is 45.0 Å². The van der Waals surface area contributed by atoms with Crippen LogP contribution in [0, 0.1) is 0 Å². The van der Waals surface area contributed by atoms with Gasteiger partial charge in [-0.25, -0.2) is 0 Å². The summed E-state index contributed by atoms with van der Waals surface area (Å²) in [5.41, 5.74) is 1.54. The smallest absolute Gasteiger partial charge is 0.252 e. The Morgan fingerprint density at radius 1 is 1.14 bits per heavy atom. The molecule has 2 aromatic carbocycles. The Labute approximate surface area is 142 Å². The highest BCUT2D eigenvalue weighted by atomic mass is 79.9. The summed E-state index contributed by atoms with van der Waals surface area (Å²) in [6, 6.07) is 12.6. The Bertz CT molecular complexity index is 643. The van der Waals surface area contributed by atoms with E-state index in [1.807, 2.05) is 31.2 Å². The van der Waals surface area contributed by atoms with Gasteiger partial charge in [-0.05, 0) is 58.2 Å². The van der Waals surface area contributed by atoms with E-state index in [2.05, 4.69) is 21.2 Å². The predicted molar refractivity (Wildman–Crippen MR) is 91.1 cm³/mol. The van der Waals surface area contributed by atoms with Crippen molar-refractivity contribution in [3.05, 3.63) is 68.1 Å². The van der Waals surface area contributed by atoms with Crippen LogP contribution in [0.2, 0.25) is 10.0 Å². The van der Waals surface area contributed by atoms with Gasteiger partial charge in [0.15, 0.2) is 0 Å². The summed E-state index contributed by atoms with van der Waals surface area (Å²) in [6.45, 7) is 2.02. The summed E-state index contributed by atoms with van der Waals surface area (Å²) in [5.74, 6) is -0.161. The van der Waals surface area contributed by atoms with Crippen molar-refractivity contribution in [2.45, 2.75) is 19.4 Å². The van der Waals surface area contributed by atoms with Crippen LogP contribution in [-0.2, 0) is 0 Å². The van der Waals surface area contributed by atoms with Crippen LogP contribution >= 0.6 is 39.1 Å². The first-order valence-electron chi connectivity index (χ1n) is 6.52. The molecule has 0 aliphatic heterocycles. The van der Waals surface area contributed by atoms with Crippen LogP contribution in [-0.4, -0.2) is 5.91 Å². The second-order valence-corrected chi connectivity index (χ2v) is 6.34. The average Bonchev–Trinajstić information content (AvgIpc) is 2.48. The molecule has 21 heavy (non-hydrogen) atoms. The maximum Gasteiger partial charge on any atom is 0.252 e. The lowest BCUT2D eigenvalue weighted by Crippen LogP contribution is -2.28. The molecule has 0 aliphatic carbocycles. The lowest BCUT2D eigenvalue weighted by molar-refractivity contribution is 0.0935. The van der Waals surface area contributed by atoms with Crippen molar-refractivity contribution in [3.8, 4) is 0 Å². The standard InChI is InChI=1S/C16H14BrCl2NO/c1-2-15(10-3-5-11(18)6-4-10)20-16(21)13-9-12(19)7-8-14(13)17/h3-9,15H,2H2,1H3,(H,20,21). The van der Waals surface area contributed by atoms with E-state index in [4.69, 9.17) is 23.2 Å². The van der Waals surface area contributed by atoms with Gasteiger partial charge in [0.25, 0.3) is 5.91 Å². The van der Waals surface area contributed by atoms with Crippen molar-refractivity contribution in [2.24, 2.45) is 0 Å². The van der Waals surface area contributed by atoms with E-state index in [0.29, 0.717) is 15.6 Å². The second-order valence-electron chi connectivity index (χ2n) is 4.61. The number of benzene rings is 2. The maximum absolute atomic E-state index is 12.4. The third-order valence-corrected chi connectivity index (χ3v) is 4.34. The molecule has 5 heteroatoms. The molecule has 0 saturated heterocycles. The lowest BCUT2D eigenvalue weighted by atomic mass is 10.0. The Balaban J connectivity index is 2.20. The number of carbonyl (C=O) groups excluding carboxylic acids is 1. The van der Waals surface area contributed by atoms with Gasteiger partial charge < -0.3 is 5.32 Å². The van der Waals surface area contributed by atoms with Crippen LogP contribution in [0.15, 0.2) is 46.9 Å². The molecule has 2 aromatic rings. The van der Waals surface area contributed by atoms with Gasteiger partial charge in [-0.15, -0.1) is 0 Å². The van der Waals surface area contributed by atoms with Crippen LogP contribution in [0.5, 0.6) is 0 Å². The number of halogens is 3. The first-order chi connectivity index (χ1) is 10.0. The van der Waals surface area contributed by atoms with Crippen molar-refractivity contribution in [3.63, 3.8) is 0 Å². The van der Waals surface area contributed by atoms with Gasteiger partial charge in [-0.2, -0.15) is 0 Å². The van der Waals surface area contributed by atoms with E-state index in [0.717, 1.165) is 16.5 Å². The molecule has 1 N–H and O–H groups in total. The van der Waals surface area contributed by atoms with E-state index in [9.17, 15) is 4.79 Å². The minimum atomic E-state index is -0.161. The van der Waals surface area contributed by atoms with Gasteiger partial charge in [-0.3, -0.25) is 4.79 Å². The predicted octanol–water partition coefficient (Wildman–Crippen LogP) is 5.64. The molecule has 2 rings (SSSR count). The largest absolute Gasteiger partial charge is 0.345 e. The molecule has 1 unspecified atom stereocenters. The Morgan fingerprint density at radius 2 is 1.76 bits per heavy atom. The molecule has 0 saturated carbocycles. The third kappa shape index (κ3) is 4.22. The minimum absolute atomic E-state index is 0.0688. The van der Waals surface area contributed by atoms with Crippen LogP contribution in [0.4, 0.5) is 0 Å². The van der Waals surface area contributed by atoms with E-state index >= 15 is 0 Å². The van der Waals surface area contributed by atoms with Crippen LogP contribution in [0.25, 0.3) is 0 Å². The van der Waals surface area contributed by atoms with Gasteiger partial charge in [0.2, 0.25) is 0 Å². The normalized spacial score (nSPS) is 12.0. The summed E-state index contributed by atoms with van der Waals surface area (Å²) in [4.78, 5) is 12.4. The Morgan fingerprint density at radius 3 is 2.38 bits per heavy atom. The van der Waals surface area contributed by atoms with E-state index < -0.39 is 0 Å². The fraction of sp³-hybridized carbons (Fsp3) is 0.188. The second kappa shape index (κ2) is 7.30. The zero-order valence-corrected chi connectivity index (χ0v) is 14.5. The number of nitrogens with one attached hydrogen (secondary N) is 1. The van der Waals surface area contributed by atoms with Crippen molar-refractivity contribution < 1.29 is 4.79 Å². The summed E-state index contributed by atoms with van der Waals surface area (Å²) in [5, 5.41) is 4.22. The summed E-state index contributed by atoms with van der Waals surface area (Å²) in [6.07, 6.45) is 0.783. The maximum atomic E-state index is 12.4. The highest BCUT2D eigenvalue weighted by Gasteiger charge is 2.16. The van der Waals surface area contributed by atoms with Crippen LogP contribution < -0.4 is 5.32 Å². The molecule has 1 atom stereocenters. The SMILES string of the molecule is CCC(NC(=O)c1cc(Cl)ccc1Br)c1ccc(Cl)cc1. The van der Waals surface area contributed by atoms with Gasteiger partial charge in [0.05, 0.1) is 11.6 Å². The summed E-state index contributed by atoms with van der Waals surface area (Å²) in [7, 11) is 0. The fourth-order valence-electron chi connectivity index (χ4n) is 2.02. The van der Waals surface area contributed by atoms with Gasteiger partial charge in [0.1, 0.15) is 0 Å². The lowest BCUT2D eigenvalue weighted by Gasteiger charge is -2.18. The molecule has 0 aliphatic rings. The molecule has 0 radical (unpaired) electrons. The molecule has 0 bridgehead atoms. The van der Waals surface area contributed by atoms with Crippen molar-refractivity contribution in [2.75, 3.05) is 0 Å². The summed E-state index contributed by atoms with van der Waals surface area (Å²) < 4.78 is 0.718. The third-order valence-electron chi connectivity index (χ3n) is 3.16. The molecular weight excluding hydrogens is 373 g/mol. The number of rotatable bonds is 4. The first-order valence-corrected chi connectivity index (χ1v) is 8.07. The Hall–Kier alpha value is -1.03. The van der Waals surface area contributed by atoms with Gasteiger partial charge >= 0.3 is 0 Å². The highest BCUT2D eigenvalue weighted by Crippen LogP contribution is 2.24. The van der Waals surface area contributed by atoms with E-state index in [1.165, 1.54) is 0 Å². The highest BCUT2D eigenvalue weighted by molar-refractivity contribution is 9.10. The number of hydrogen-bond donors (Lipinski definition) is 1. The Kier molecular flexibility index (Phi) is 5.68. The molecule has 0 heterocycles. The van der Waals surface area contributed by atoms with E-state index in [1.54, 1.807) is 18.2 Å². The molecule has 2 nitrogen and oxygen atoms in total. The first kappa shape index (κ1) is 16.3. The van der Waals surface area contributed by atoms with Crippen molar-refractivity contribution in [1.29, 1.82) is 0 Å². The number of amides is 1. The van der Waals surface area contributed by atoms with E-state index in [-0.39, 0.29) is 11.9 Å². The zero-order chi connectivity index (χ0) is 15.4. The van der Waals surface area contributed by atoms with Gasteiger partial charge in [-0.1, -0.05) is 42.3 Å². The monoisotopic (exact) mass is 385 g/mol. The van der Waals surface area contributed by atoms with Crippen LogP contribution in [0.1, 0.15) is 35.3 Å². The number of carbonyl (C=O) groups is 1. The molecule has 1 amide bonds. The molecule has 0 aromatic heterocycles. The zero-order valence-electron chi connectivity index (χ0n) is 11.4. The average molecular weight is 387 g/mol. The molecule has 0 spiro atoms. The van der Waals surface area contributed by atoms with Crippen LogP contribution in [0.3, 0.4) is 0 Å². The quantitative estimate of drug-likeness (QED) is 0.723. The summed E-state index contributed by atoms with van der Waals surface area (Å²) >= 11 is 15.2.